The van der Waals surface area contributed by atoms with E-state index in [2.05, 4.69) is 57.0 Å². The first kappa shape index (κ1) is 13.8. The number of anilines is 1. The molecule has 100 valence electrons. The minimum atomic E-state index is -0.0783. The van der Waals surface area contributed by atoms with Crippen LogP contribution in [0.25, 0.3) is 0 Å². The number of rotatable bonds is 4. The van der Waals surface area contributed by atoms with Crippen LogP contribution in [0.4, 0.5) is 5.69 Å². The molecule has 0 radical (unpaired) electrons. The summed E-state index contributed by atoms with van der Waals surface area (Å²) in [5, 5.41) is 9.47. The molecule has 4 heteroatoms. The molecule has 2 rings (SSSR count). The first-order chi connectivity index (χ1) is 8.65. The molecule has 3 nitrogen and oxygen atoms in total. The predicted molar refractivity (Wildman–Crippen MR) is 79.1 cm³/mol. The van der Waals surface area contributed by atoms with Crippen LogP contribution in [0.3, 0.4) is 0 Å². The van der Waals surface area contributed by atoms with E-state index in [4.69, 9.17) is 0 Å². The van der Waals surface area contributed by atoms with Crippen molar-refractivity contribution in [3.8, 4) is 0 Å². The highest BCUT2D eigenvalue weighted by molar-refractivity contribution is 9.10. The van der Waals surface area contributed by atoms with E-state index in [0.717, 1.165) is 43.5 Å². The van der Waals surface area contributed by atoms with Gasteiger partial charge in [0.1, 0.15) is 0 Å². The van der Waals surface area contributed by atoms with Crippen LogP contribution in [-0.2, 0) is 0 Å². The summed E-state index contributed by atoms with van der Waals surface area (Å²) in [6, 6.07) is 8.40. The van der Waals surface area contributed by atoms with E-state index in [-0.39, 0.29) is 6.10 Å². The van der Waals surface area contributed by atoms with E-state index >= 15 is 0 Å². The summed E-state index contributed by atoms with van der Waals surface area (Å²) in [5.41, 5.74) is 1.25. The molecule has 0 amide bonds. The molecule has 1 heterocycles. The highest BCUT2D eigenvalue weighted by Crippen LogP contribution is 2.17. The minimum Gasteiger partial charge on any atom is -0.393 e. The molecule has 1 aliphatic heterocycles. The SMILES string of the molecule is CN(CCN1CCC(O)CC1)c1ccc(Br)cc1. The number of aliphatic hydroxyl groups excluding tert-OH is 1. The molecule has 0 atom stereocenters. The van der Waals surface area contributed by atoms with Gasteiger partial charge >= 0.3 is 0 Å². The molecule has 0 spiro atoms. The van der Waals surface area contributed by atoms with Crippen LogP contribution in [0, 0.1) is 0 Å². The molecule has 1 N–H and O–H groups in total. The van der Waals surface area contributed by atoms with Crippen molar-refractivity contribution >= 4 is 21.6 Å². The van der Waals surface area contributed by atoms with Gasteiger partial charge in [0.25, 0.3) is 0 Å². The Morgan fingerprint density at radius 3 is 2.50 bits per heavy atom. The molecule has 0 bridgehead atoms. The first-order valence-electron chi connectivity index (χ1n) is 6.52. The lowest BCUT2D eigenvalue weighted by Gasteiger charge is -2.31. The lowest BCUT2D eigenvalue weighted by molar-refractivity contribution is 0.0840. The molecule has 0 saturated carbocycles. The molecule has 0 unspecified atom stereocenters. The average Bonchev–Trinajstić information content (AvgIpc) is 2.38. The molecule has 1 aromatic rings. The van der Waals surface area contributed by atoms with Crippen molar-refractivity contribution in [1.29, 1.82) is 0 Å². The number of aliphatic hydroxyl groups is 1. The molecule has 18 heavy (non-hydrogen) atoms. The second kappa shape index (κ2) is 6.55. The van der Waals surface area contributed by atoms with Crippen LogP contribution in [0.2, 0.25) is 0 Å². The van der Waals surface area contributed by atoms with Gasteiger partial charge in [-0.1, -0.05) is 15.9 Å². The Labute approximate surface area is 118 Å². The zero-order chi connectivity index (χ0) is 13.0. The van der Waals surface area contributed by atoms with Gasteiger partial charge in [-0.25, -0.2) is 0 Å². The smallest absolute Gasteiger partial charge is 0.0564 e. The Hall–Kier alpha value is -0.580. The molecular formula is C14H21BrN2O. The molecule has 1 saturated heterocycles. The summed E-state index contributed by atoms with van der Waals surface area (Å²) in [5.74, 6) is 0. The summed E-state index contributed by atoms with van der Waals surface area (Å²) < 4.78 is 1.12. The quantitative estimate of drug-likeness (QED) is 0.924. The van der Waals surface area contributed by atoms with E-state index in [0.29, 0.717) is 0 Å². The number of likely N-dealkylation sites (N-methyl/N-ethyl adjacent to an activating group) is 1. The van der Waals surface area contributed by atoms with E-state index in [1.165, 1.54) is 5.69 Å². The summed E-state index contributed by atoms with van der Waals surface area (Å²) in [4.78, 5) is 4.71. The van der Waals surface area contributed by atoms with Crippen molar-refractivity contribution in [1.82, 2.24) is 4.90 Å². The standard InChI is InChI=1S/C14H21BrN2O/c1-16(13-4-2-12(15)3-5-13)10-11-17-8-6-14(18)7-9-17/h2-5,14,18H,6-11H2,1H3. The van der Waals surface area contributed by atoms with Crippen LogP contribution in [0.5, 0.6) is 0 Å². The zero-order valence-electron chi connectivity index (χ0n) is 10.8. The monoisotopic (exact) mass is 312 g/mol. The van der Waals surface area contributed by atoms with Gasteiger partial charge in [-0.15, -0.1) is 0 Å². The Balaban J connectivity index is 1.77. The number of benzene rings is 1. The molecule has 0 aromatic heterocycles. The number of likely N-dealkylation sites (tertiary alicyclic amines) is 1. The van der Waals surface area contributed by atoms with Crippen molar-refractivity contribution < 1.29 is 5.11 Å². The van der Waals surface area contributed by atoms with Crippen molar-refractivity contribution in [2.45, 2.75) is 18.9 Å². The van der Waals surface area contributed by atoms with Crippen LogP contribution < -0.4 is 4.90 Å². The van der Waals surface area contributed by atoms with Crippen molar-refractivity contribution in [2.75, 3.05) is 38.1 Å². The number of hydrogen-bond acceptors (Lipinski definition) is 3. The molecular weight excluding hydrogens is 292 g/mol. The average molecular weight is 313 g/mol. The second-order valence-corrected chi connectivity index (χ2v) is 5.89. The van der Waals surface area contributed by atoms with Gasteiger partial charge in [-0.3, -0.25) is 0 Å². The van der Waals surface area contributed by atoms with Gasteiger partial charge < -0.3 is 14.9 Å². The van der Waals surface area contributed by atoms with Gasteiger partial charge in [0, 0.05) is 43.4 Å². The third-order valence-corrected chi connectivity index (χ3v) is 4.10. The molecule has 0 aliphatic carbocycles. The molecule has 1 aliphatic rings. The Kier molecular flexibility index (Phi) is 5.03. The van der Waals surface area contributed by atoms with Crippen LogP contribution in [0.15, 0.2) is 28.7 Å². The number of piperidine rings is 1. The predicted octanol–water partition coefficient (Wildman–Crippen LogP) is 2.34. The van der Waals surface area contributed by atoms with Gasteiger partial charge in [-0.05, 0) is 37.1 Å². The van der Waals surface area contributed by atoms with Crippen molar-refractivity contribution in [3.05, 3.63) is 28.7 Å². The van der Waals surface area contributed by atoms with E-state index in [1.54, 1.807) is 0 Å². The van der Waals surface area contributed by atoms with E-state index in [9.17, 15) is 5.11 Å². The third-order valence-electron chi connectivity index (χ3n) is 3.58. The topological polar surface area (TPSA) is 26.7 Å². The maximum absolute atomic E-state index is 9.47. The number of hydrogen-bond donors (Lipinski definition) is 1. The van der Waals surface area contributed by atoms with Gasteiger partial charge in [0.15, 0.2) is 0 Å². The highest BCUT2D eigenvalue weighted by atomic mass is 79.9. The lowest BCUT2D eigenvalue weighted by Crippen LogP contribution is -2.40. The van der Waals surface area contributed by atoms with Gasteiger partial charge in [0.05, 0.1) is 6.10 Å². The Morgan fingerprint density at radius 1 is 1.28 bits per heavy atom. The first-order valence-corrected chi connectivity index (χ1v) is 7.31. The largest absolute Gasteiger partial charge is 0.393 e. The fraction of sp³-hybridized carbons (Fsp3) is 0.571. The number of nitrogens with zero attached hydrogens (tertiary/aromatic N) is 2. The number of halogens is 1. The third kappa shape index (κ3) is 3.97. The zero-order valence-corrected chi connectivity index (χ0v) is 12.4. The van der Waals surface area contributed by atoms with Crippen LogP contribution in [0.1, 0.15) is 12.8 Å². The van der Waals surface area contributed by atoms with Crippen LogP contribution in [-0.4, -0.2) is 49.3 Å². The fourth-order valence-electron chi connectivity index (χ4n) is 2.26. The fourth-order valence-corrected chi connectivity index (χ4v) is 2.52. The molecule has 1 fully saturated rings. The Bertz CT molecular complexity index is 361. The minimum absolute atomic E-state index is 0.0783. The van der Waals surface area contributed by atoms with E-state index in [1.807, 2.05) is 0 Å². The summed E-state index contributed by atoms with van der Waals surface area (Å²) in [7, 11) is 2.13. The van der Waals surface area contributed by atoms with Crippen molar-refractivity contribution in [2.24, 2.45) is 0 Å². The van der Waals surface area contributed by atoms with E-state index < -0.39 is 0 Å². The summed E-state index contributed by atoms with van der Waals surface area (Å²) in [6.45, 7) is 4.14. The summed E-state index contributed by atoms with van der Waals surface area (Å²) >= 11 is 3.45. The van der Waals surface area contributed by atoms with Crippen LogP contribution >= 0.6 is 15.9 Å². The maximum Gasteiger partial charge on any atom is 0.0564 e. The molecule has 1 aromatic carbocycles. The summed E-state index contributed by atoms with van der Waals surface area (Å²) in [6.07, 6.45) is 1.76. The maximum atomic E-state index is 9.47. The Morgan fingerprint density at radius 2 is 1.89 bits per heavy atom. The lowest BCUT2D eigenvalue weighted by atomic mass is 10.1. The normalized spacial score (nSPS) is 17.9. The second-order valence-electron chi connectivity index (χ2n) is 4.97. The van der Waals surface area contributed by atoms with Crippen molar-refractivity contribution in [3.63, 3.8) is 0 Å². The van der Waals surface area contributed by atoms with Gasteiger partial charge in [-0.2, -0.15) is 0 Å². The van der Waals surface area contributed by atoms with Gasteiger partial charge in [0.2, 0.25) is 0 Å². The highest BCUT2D eigenvalue weighted by Gasteiger charge is 2.16.